The van der Waals surface area contributed by atoms with E-state index >= 15 is 0 Å². The van der Waals surface area contributed by atoms with Crippen LogP contribution < -0.4 is 11.1 Å². The molecule has 0 saturated heterocycles. The molecule has 2 rings (SSSR count). The maximum absolute atomic E-state index is 13.5. The normalized spacial score (nSPS) is 10.3. The van der Waals surface area contributed by atoms with Crippen LogP contribution in [0.25, 0.3) is 0 Å². The fourth-order valence-corrected chi connectivity index (χ4v) is 1.95. The Hall–Kier alpha value is -2.07. The van der Waals surface area contributed by atoms with Crippen LogP contribution in [-0.4, -0.2) is 5.91 Å². The quantitative estimate of drug-likeness (QED) is 0.824. The maximum Gasteiger partial charge on any atom is 0.258 e. The highest BCUT2D eigenvalue weighted by Gasteiger charge is 2.14. The highest BCUT2D eigenvalue weighted by Crippen LogP contribution is 2.22. The Morgan fingerprint density at radius 3 is 2.74 bits per heavy atom. The van der Waals surface area contributed by atoms with E-state index in [0.29, 0.717) is 16.3 Å². The number of halogens is 2. The Bertz CT molecular complexity index is 623. The number of nitrogens with two attached hydrogens (primary N) is 1. The van der Waals surface area contributed by atoms with E-state index in [4.69, 9.17) is 17.3 Å². The topological polar surface area (TPSA) is 55.1 Å². The van der Waals surface area contributed by atoms with Gasteiger partial charge in [0.2, 0.25) is 0 Å². The lowest BCUT2D eigenvalue weighted by Crippen LogP contribution is -2.16. The molecule has 3 N–H and O–H groups in total. The summed E-state index contributed by atoms with van der Waals surface area (Å²) < 4.78 is 13.5. The predicted octanol–water partition coefficient (Wildman–Crippen LogP) is 3.62. The number of benzene rings is 2. The van der Waals surface area contributed by atoms with Crippen molar-refractivity contribution in [3.8, 4) is 0 Å². The molecule has 0 unspecified atom stereocenters. The second-order valence-electron chi connectivity index (χ2n) is 4.12. The first-order chi connectivity index (χ1) is 8.99. The van der Waals surface area contributed by atoms with Crippen LogP contribution in [0.4, 0.5) is 15.8 Å². The van der Waals surface area contributed by atoms with Gasteiger partial charge in [-0.3, -0.25) is 4.79 Å². The first kappa shape index (κ1) is 13.4. The first-order valence-corrected chi connectivity index (χ1v) is 5.98. The molecule has 2 aromatic rings. The van der Waals surface area contributed by atoms with Crippen LogP contribution in [0.3, 0.4) is 0 Å². The van der Waals surface area contributed by atoms with Crippen molar-refractivity contribution in [2.45, 2.75) is 6.92 Å². The molecule has 0 fully saturated rings. The van der Waals surface area contributed by atoms with Gasteiger partial charge in [-0.1, -0.05) is 23.7 Å². The van der Waals surface area contributed by atoms with Crippen LogP contribution in [0.15, 0.2) is 36.4 Å². The number of nitrogen functional groups attached to an aromatic ring is 1. The number of aryl methyl sites for hydroxylation is 1. The monoisotopic (exact) mass is 278 g/mol. The minimum atomic E-state index is -0.551. The molecule has 0 aliphatic carbocycles. The van der Waals surface area contributed by atoms with Crippen molar-refractivity contribution >= 4 is 28.9 Å². The fraction of sp³-hybridized carbons (Fsp3) is 0.0714. The fourth-order valence-electron chi connectivity index (χ4n) is 1.78. The Kier molecular flexibility index (Phi) is 3.71. The minimum absolute atomic E-state index is 0.0279. The number of rotatable bonds is 2. The molecule has 5 heteroatoms. The summed E-state index contributed by atoms with van der Waals surface area (Å²) in [6, 6.07) is 9.09. The number of anilines is 2. The van der Waals surface area contributed by atoms with E-state index in [-0.39, 0.29) is 5.69 Å². The number of hydrogen-bond donors (Lipinski definition) is 2. The molecule has 0 aliphatic heterocycles. The lowest BCUT2D eigenvalue weighted by atomic mass is 10.1. The van der Waals surface area contributed by atoms with Crippen molar-refractivity contribution in [2.24, 2.45) is 0 Å². The molecule has 3 nitrogen and oxygen atoms in total. The third-order valence-electron chi connectivity index (χ3n) is 2.71. The molecule has 1 amide bonds. The van der Waals surface area contributed by atoms with Gasteiger partial charge >= 0.3 is 0 Å². The van der Waals surface area contributed by atoms with Gasteiger partial charge in [0.05, 0.1) is 11.3 Å². The lowest BCUT2D eigenvalue weighted by Gasteiger charge is -2.11. The summed E-state index contributed by atoms with van der Waals surface area (Å²) in [7, 11) is 0. The SMILES string of the molecule is Cc1cccc(N)c1C(=O)Nc1cc(Cl)ccc1F. The van der Waals surface area contributed by atoms with E-state index in [0.717, 1.165) is 5.56 Å². The molecule has 0 atom stereocenters. The zero-order valence-corrected chi connectivity index (χ0v) is 11.0. The molecule has 0 saturated carbocycles. The minimum Gasteiger partial charge on any atom is -0.398 e. The summed E-state index contributed by atoms with van der Waals surface area (Å²) >= 11 is 5.77. The average molecular weight is 279 g/mol. The predicted molar refractivity (Wildman–Crippen MR) is 75.0 cm³/mol. The molecule has 0 spiro atoms. The summed E-state index contributed by atoms with van der Waals surface area (Å²) in [5.74, 6) is -1.01. The number of nitrogens with one attached hydrogen (secondary N) is 1. The van der Waals surface area contributed by atoms with Gasteiger partial charge < -0.3 is 11.1 Å². The molecule has 0 radical (unpaired) electrons. The van der Waals surface area contributed by atoms with E-state index in [2.05, 4.69) is 5.32 Å². The molecule has 2 aromatic carbocycles. The zero-order valence-electron chi connectivity index (χ0n) is 10.2. The van der Waals surface area contributed by atoms with Gasteiger partial charge in [-0.2, -0.15) is 0 Å². The van der Waals surface area contributed by atoms with Gasteiger partial charge in [0.15, 0.2) is 0 Å². The van der Waals surface area contributed by atoms with Crippen molar-refractivity contribution in [1.29, 1.82) is 0 Å². The Morgan fingerprint density at radius 1 is 1.32 bits per heavy atom. The smallest absolute Gasteiger partial charge is 0.258 e. The molecular weight excluding hydrogens is 267 g/mol. The van der Waals surface area contributed by atoms with E-state index in [1.165, 1.54) is 18.2 Å². The first-order valence-electron chi connectivity index (χ1n) is 5.60. The van der Waals surface area contributed by atoms with Crippen molar-refractivity contribution in [2.75, 3.05) is 11.1 Å². The van der Waals surface area contributed by atoms with E-state index < -0.39 is 11.7 Å². The summed E-state index contributed by atoms with van der Waals surface area (Å²) in [4.78, 5) is 12.1. The van der Waals surface area contributed by atoms with Crippen LogP contribution >= 0.6 is 11.6 Å². The zero-order chi connectivity index (χ0) is 14.0. The molecule has 0 heterocycles. The van der Waals surface area contributed by atoms with Crippen LogP contribution in [0, 0.1) is 12.7 Å². The van der Waals surface area contributed by atoms with E-state index in [1.54, 1.807) is 25.1 Å². The summed E-state index contributed by atoms with van der Waals surface area (Å²) in [5, 5.41) is 2.81. The van der Waals surface area contributed by atoms with Gasteiger partial charge in [0, 0.05) is 10.7 Å². The summed E-state index contributed by atoms with van der Waals surface area (Å²) in [6.45, 7) is 1.76. The number of amides is 1. The maximum atomic E-state index is 13.5. The highest BCUT2D eigenvalue weighted by atomic mass is 35.5. The van der Waals surface area contributed by atoms with E-state index in [9.17, 15) is 9.18 Å². The average Bonchev–Trinajstić information content (AvgIpc) is 2.33. The third kappa shape index (κ3) is 2.85. The molecule has 98 valence electrons. The Labute approximate surface area is 115 Å². The molecule has 0 aliphatic rings. The van der Waals surface area contributed by atoms with Crippen LogP contribution in [0.1, 0.15) is 15.9 Å². The largest absolute Gasteiger partial charge is 0.398 e. The second kappa shape index (κ2) is 5.28. The van der Waals surface area contributed by atoms with Crippen LogP contribution in [0.5, 0.6) is 0 Å². The Morgan fingerprint density at radius 2 is 2.05 bits per heavy atom. The highest BCUT2D eigenvalue weighted by molar-refractivity contribution is 6.31. The van der Waals surface area contributed by atoms with Gasteiger partial charge in [-0.25, -0.2) is 4.39 Å². The van der Waals surface area contributed by atoms with Crippen molar-refractivity contribution in [3.05, 3.63) is 58.4 Å². The summed E-state index contributed by atoms with van der Waals surface area (Å²) in [6.07, 6.45) is 0. The van der Waals surface area contributed by atoms with Gasteiger partial charge in [0.25, 0.3) is 5.91 Å². The molecule has 0 aromatic heterocycles. The third-order valence-corrected chi connectivity index (χ3v) is 2.94. The van der Waals surface area contributed by atoms with Crippen molar-refractivity contribution in [3.63, 3.8) is 0 Å². The molecule has 0 bridgehead atoms. The second-order valence-corrected chi connectivity index (χ2v) is 4.55. The molecular formula is C14H12ClFN2O. The van der Waals surface area contributed by atoms with Crippen LogP contribution in [0.2, 0.25) is 5.02 Å². The van der Waals surface area contributed by atoms with Gasteiger partial charge in [-0.05, 0) is 36.8 Å². The standard InChI is InChI=1S/C14H12ClFN2O/c1-8-3-2-4-11(17)13(8)14(19)18-12-7-9(15)5-6-10(12)16/h2-7H,17H2,1H3,(H,18,19). The lowest BCUT2D eigenvalue weighted by molar-refractivity contribution is 0.102. The van der Waals surface area contributed by atoms with Crippen molar-refractivity contribution in [1.82, 2.24) is 0 Å². The van der Waals surface area contributed by atoms with Gasteiger partial charge in [-0.15, -0.1) is 0 Å². The van der Waals surface area contributed by atoms with E-state index in [1.807, 2.05) is 0 Å². The van der Waals surface area contributed by atoms with Crippen molar-refractivity contribution < 1.29 is 9.18 Å². The Balaban J connectivity index is 2.34. The number of carbonyl (C=O) groups excluding carboxylic acids is 1. The molecule has 19 heavy (non-hydrogen) atoms. The number of carbonyl (C=O) groups is 1. The summed E-state index contributed by atoms with van der Waals surface area (Å²) in [5.41, 5.74) is 7.20. The number of hydrogen-bond acceptors (Lipinski definition) is 2. The van der Waals surface area contributed by atoms with Crippen LogP contribution in [-0.2, 0) is 0 Å². The van der Waals surface area contributed by atoms with Gasteiger partial charge in [0.1, 0.15) is 5.82 Å².